The molecule has 0 radical (unpaired) electrons. The van der Waals surface area contributed by atoms with Crippen LogP contribution in [0.2, 0.25) is 0 Å². The van der Waals surface area contributed by atoms with E-state index in [9.17, 15) is 4.79 Å². The molecule has 0 aliphatic heterocycles. The molecule has 0 N–H and O–H groups in total. The second-order valence-electron chi connectivity index (χ2n) is 5.39. The van der Waals surface area contributed by atoms with Crippen molar-refractivity contribution in [3.8, 4) is 0 Å². The van der Waals surface area contributed by atoms with E-state index in [2.05, 4.69) is 34.0 Å². The van der Waals surface area contributed by atoms with E-state index in [1.165, 1.54) is 41.3 Å². The zero-order valence-corrected chi connectivity index (χ0v) is 13.4. The Bertz CT molecular complexity index is 575. The van der Waals surface area contributed by atoms with Crippen molar-refractivity contribution in [3.63, 3.8) is 0 Å². The maximum absolute atomic E-state index is 12.4. The van der Waals surface area contributed by atoms with Crippen LogP contribution in [0.1, 0.15) is 64.0 Å². The second kappa shape index (κ2) is 8.41. The topological polar surface area (TPSA) is 78.5 Å². The molecule has 0 unspecified atom stereocenters. The third-order valence-corrected chi connectivity index (χ3v) is 3.52. The zero-order valence-electron chi connectivity index (χ0n) is 13.4. The molecule has 0 amide bonds. The van der Waals surface area contributed by atoms with Crippen LogP contribution in [0.15, 0.2) is 12.7 Å². The van der Waals surface area contributed by atoms with Crippen LogP contribution in [-0.2, 0) is 12.8 Å². The fourth-order valence-corrected chi connectivity index (χ4v) is 2.26. The van der Waals surface area contributed by atoms with Crippen molar-refractivity contribution in [3.05, 3.63) is 24.3 Å². The molecular formula is C15H24N6O. The molecule has 2 rings (SSSR count). The number of unbranched alkanes of at least 4 members (excludes halogenated alkanes) is 4. The molecule has 120 valence electrons. The summed E-state index contributed by atoms with van der Waals surface area (Å²) in [4.78, 5) is 20.8. The molecule has 0 saturated carbocycles. The number of rotatable bonds is 8. The Balaban J connectivity index is 2.11. The first-order chi connectivity index (χ1) is 10.8. The second-order valence-corrected chi connectivity index (χ2v) is 5.39. The summed E-state index contributed by atoms with van der Waals surface area (Å²) in [6.07, 6.45) is 11.0. The molecule has 0 fully saturated rings. The molecular weight excluding hydrogens is 280 g/mol. The highest BCUT2D eigenvalue weighted by Gasteiger charge is 2.17. The van der Waals surface area contributed by atoms with Gasteiger partial charge in [0.1, 0.15) is 18.5 Å². The van der Waals surface area contributed by atoms with Crippen molar-refractivity contribution in [2.75, 3.05) is 0 Å². The van der Waals surface area contributed by atoms with Gasteiger partial charge in [-0.3, -0.25) is 0 Å². The summed E-state index contributed by atoms with van der Waals surface area (Å²) in [5.41, 5.74) is 0. The van der Waals surface area contributed by atoms with Crippen LogP contribution in [0.25, 0.3) is 0 Å². The first kappa shape index (κ1) is 16.3. The van der Waals surface area contributed by atoms with E-state index in [4.69, 9.17) is 0 Å². The van der Waals surface area contributed by atoms with E-state index in [0.29, 0.717) is 5.82 Å². The Morgan fingerprint density at radius 2 is 1.91 bits per heavy atom. The van der Waals surface area contributed by atoms with Gasteiger partial charge < -0.3 is 0 Å². The lowest BCUT2D eigenvalue weighted by atomic mass is 10.1. The molecule has 0 saturated heterocycles. The van der Waals surface area contributed by atoms with Gasteiger partial charge in [0.2, 0.25) is 0 Å². The van der Waals surface area contributed by atoms with Gasteiger partial charge in [-0.15, -0.1) is 5.10 Å². The van der Waals surface area contributed by atoms with Gasteiger partial charge >= 0.3 is 6.03 Å². The number of hydrogen-bond acceptors (Lipinski definition) is 5. The summed E-state index contributed by atoms with van der Waals surface area (Å²) in [5, 5.41) is 8.26. The molecule has 0 bridgehead atoms. The smallest absolute Gasteiger partial charge is 0.243 e. The largest absolute Gasteiger partial charge is 0.372 e. The lowest BCUT2D eigenvalue weighted by Crippen LogP contribution is -2.23. The number of hydrogen-bond donors (Lipinski definition) is 0. The molecule has 7 heteroatoms. The quantitative estimate of drug-likeness (QED) is 0.701. The molecule has 0 aromatic carbocycles. The van der Waals surface area contributed by atoms with E-state index in [1.54, 1.807) is 0 Å². The van der Waals surface area contributed by atoms with Gasteiger partial charge in [0.05, 0.1) is 0 Å². The average Bonchev–Trinajstić information content (AvgIpc) is 3.18. The van der Waals surface area contributed by atoms with E-state index < -0.39 is 0 Å². The van der Waals surface area contributed by atoms with E-state index >= 15 is 0 Å². The van der Waals surface area contributed by atoms with Crippen LogP contribution in [-0.4, -0.2) is 35.6 Å². The molecule has 22 heavy (non-hydrogen) atoms. The predicted molar refractivity (Wildman–Crippen MR) is 82.7 cm³/mol. The van der Waals surface area contributed by atoms with Crippen molar-refractivity contribution in [1.82, 2.24) is 29.5 Å². The van der Waals surface area contributed by atoms with Crippen LogP contribution >= 0.6 is 0 Å². The minimum absolute atomic E-state index is 0.323. The minimum Gasteiger partial charge on any atom is -0.243 e. The Labute approximate surface area is 130 Å². The fraction of sp³-hybridized carbons (Fsp3) is 0.667. The highest BCUT2D eigenvalue weighted by atomic mass is 16.2. The van der Waals surface area contributed by atoms with Gasteiger partial charge in [-0.25, -0.2) is 14.8 Å². The lowest BCUT2D eigenvalue weighted by Gasteiger charge is -2.02. The summed E-state index contributed by atoms with van der Waals surface area (Å²) in [6, 6.07) is -0.323. The van der Waals surface area contributed by atoms with Crippen LogP contribution in [0, 0.1) is 0 Å². The van der Waals surface area contributed by atoms with Gasteiger partial charge in [0.15, 0.2) is 5.82 Å². The van der Waals surface area contributed by atoms with Gasteiger partial charge in [-0.1, -0.05) is 39.5 Å². The molecule has 2 heterocycles. The van der Waals surface area contributed by atoms with Crippen LogP contribution in [0.4, 0.5) is 4.79 Å². The summed E-state index contributed by atoms with van der Waals surface area (Å²) >= 11 is 0. The maximum atomic E-state index is 12.4. The third kappa shape index (κ3) is 4.22. The van der Waals surface area contributed by atoms with Gasteiger partial charge in [0, 0.05) is 12.8 Å². The number of carbonyl (C=O) groups is 1. The SMILES string of the molecule is CCCCCCc1nc(CCCC)n(C(=O)n2cncn2)n1. The Hall–Kier alpha value is -2.05. The molecule has 0 aliphatic carbocycles. The Morgan fingerprint density at radius 3 is 2.59 bits per heavy atom. The summed E-state index contributed by atoms with van der Waals surface area (Å²) < 4.78 is 2.56. The van der Waals surface area contributed by atoms with E-state index in [1.807, 2.05) is 0 Å². The van der Waals surface area contributed by atoms with Crippen molar-refractivity contribution in [2.24, 2.45) is 0 Å². The Kier molecular flexibility index (Phi) is 6.24. The van der Waals surface area contributed by atoms with Crippen molar-refractivity contribution in [2.45, 2.75) is 65.2 Å². The third-order valence-electron chi connectivity index (χ3n) is 3.52. The maximum Gasteiger partial charge on any atom is 0.372 e. The predicted octanol–water partition coefficient (Wildman–Crippen LogP) is 2.85. The Morgan fingerprint density at radius 1 is 1.09 bits per heavy atom. The highest BCUT2D eigenvalue weighted by Crippen LogP contribution is 2.09. The van der Waals surface area contributed by atoms with Crippen LogP contribution in [0.5, 0.6) is 0 Å². The summed E-state index contributed by atoms with van der Waals surface area (Å²) in [7, 11) is 0. The average molecular weight is 304 g/mol. The number of aryl methyl sites for hydroxylation is 2. The monoisotopic (exact) mass is 304 g/mol. The highest BCUT2D eigenvalue weighted by molar-refractivity contribution is 5.77. The van der Waals surface area contributed by atoms with Crippen molar-refractivity contribution in [1.29, 1.82) is 0 Å². The molecule has 0 atom stereocenters. The lowest BCUT2D eigenvalue weighted by molar-refractivity contribution is 0.237. The van der Waals surface area contributed by atoms with Crippen LogP contribution < -0.4 is 0 Å². The van der Waals surface area contributed by atoms with Gasteiger partial charge in [-0.2, -0.15) is 14.5 Å². The van der Waals surface area contributed by atoms with Crippen molar-refractivity contribution >= 4 is 6.03 Å². The van der Waals surface area contributed by atoms with Crippen molar-refractivity contribution < 1.29 is 4.79 Å². The van der Waals surface area contributed by atoms with E-state index in [-0.39, 0.29) is 6.03 Å². The standard InChI is InChI=1S/C15H24N6O/c1-3-5-7-8-9-13-18-14(10-6-4-2)21(19-13)15(22)20-12-16-11-17-20/h11-12H,3-10H2,1-2H3. The van der Waals surface area contributed by atoms with Gasteiger partial charge in [0.25, 0.3) is 0 Å². The van der Waals surface area contributed by atoms with Crippen LogP contribution in [0.3, 0.4) is 0 Å². The fourth-order valence-electron chi connectivity index (χ4n) is 2.26. The number of aromatic nitrogens is 6. The minimum atomic E-state index is -0.323. The molecule has 2 aromatic rings. The normalized spacial score (nSPS) is 11.0. The molecule has 0 aliphatic rings. The van der Waals surface area contributed by atoms with E-state index in [0.717, 1.165) is 37.9 Å². The summed E-state index contributed by atoms with van der Waals surface area (Å²) in [5.74, 6) is 1.46. The molecule has 7 nitrogen and oxygen atoms in total. The summed E-state index contributed by atoms with van der Waals surface area (Å²) in [6.45, 7) is 4.30. The first-order valence-corrected chi connectivity index (χ1v) is 8.10. The zero-order chi connectivity index (χ0) is 15.8. The first-order valence-electron chi connectivity index (χ1n) is 8.10. The molecule has 2 aromatic heterocycles. The molecule has 0 spiro atoms. The van der Waals surface area contributed by atoms with Gasteiger partial charge in [-0.05, 0) is 12.8 Å². The number of nitrogens with zero attached hydrogens (tertiary/aromatic N) is 6. The number of carbonyl (C=O) groups excluding carboxylic acids is 1.